The number of alkyl carbamates (subject to hydrolysis) is 1. The zero-order valence-corrected chi connectivity index (χ0v) is 24.3. The molecular weight excluding hydrogens is 528 g/mol. The molecule has 0 aliphatic heterocycles. The molecule has 0 saturated carbocycles. The van der Waals surface area contributed by atoms with Crippen molar-refractivity contribution >= 4 is 40.3 Å². The number of benzene rings is 2. The first-order chi connectivity index (χ1) is 19.3. The highest BCUT2D eigenvalue weighted by Crippen LogP contribution is 2.32. The number of nitrogens with one attached hydrogen (secondary N) is 2. The van der Waals surface area contributed by atoms with Crippen molar-refractivity contribution in [3.8, 4) is 5.75 Å². The Labute approximate surface area is 240 Å². The molecule has 0 aliphatic rings. The van der Waals surface area contributed by atoms with Gasteiger partial charge in [0.15, 0.2) is 0 Å². The molecule has 41 heavy (non-hydrogen) atoms. The number of allylic oxidation sites excluding steroid dienone is 3. The number of hydrogen-bond acceptors (Lipinski definition) is 8. The minimum absolute atomic E-state index is 0.163. The van der Waals surface area contributed by atoms with Gasteiger partial charge in [-0.1, -0.05) is 55.1 Å². The zero-order valence-electron chi connectivity index (χ0n) is 24.3. The summed E-state index contributed by atoms with van der Waals surface area (Å²) < 4.78 is 14.7. The van der Waals surface area contributed by atoms with Crippen LogP contribution in [0.15, 0.2) is 66.8 Å². The van der Waals surface area contributed by atoms with E-state index in [4.69, 9.17) is 9.47 Å². The molecule has 0 spiro atoms. The molecule has 2 atom stereocenters. The van der Waals surface area contributed by atoms with Crippen LogP contribution >= 0.6 is 0 Å². The summed E-state index contributed by atoms with van der Waals surface area (Å²) in [5.74, 6) is -1.93. The summed E-state index contributed by atoms with van der Waals surface area (Å²) in [4.78, 5) is 49.8. The van der Waals surface area contributed by atoms with Gasteiger partial charge in [0.05, 0.1) is 33.1 Å². The van der Waals surface area contributed by atoms with Gasteiger partial charge < -0.3 is 30.0 Å². The van der Waals surface area contributed by atoms with Gasteiger partial charge in [0.1, 0.15) is 17.4 Å². The van der Waals surface area contributed by atoms with Crippen LogP contribution in [-0.4, -0.2) is 60.9 Å². The van der Waals surface area contributed by atoms with E-state index in [0.29, 0.717) is 11.0 Å². The number of carbonyl (C=O) groups excluding carboxylic acids is 4. The van der Waals surface area contributed by atoms with Crippen LogP contribution in [0.2, 0.25) is 0 Å². The van der Waals surface area contributed by atoms with Crippen LogP contribution < -0.4 is 10.6 Å². The fourth-order valence-electron chi connectivity index (χ4n) is 3.90. The van der Waals surface area contributed by atoms with Gasteiger partial charge in [-0.05, 0) is 55.9 Å². The maximum Gasteiger partial charge on any atom is 0.408 e. The van der Waals surface area contributed by atoms with Crippen molar-refractivity contribution in [2.75, 3.05) is 14.2 Å². The first-order valence-electron chi connectivity index (χ1n) is 13.0. The van der Waals surface area contributed by atoms with Crippen LogP contribution in [0.1, 0.15) is 46.1 Å². The van der Waals surface area contributed by atoms with E-state index in [1.165, 1.54) is 7.11 Å². The topological polar surface area (TPSA) is 140 Å². The number of ether oxygens (including phenoxy) is 3. The number of esters is 2. The van der Waals surface area contributed by atoms with Crippen LogP contribution in [0.5, 0.6) is 5.75 Å². The second-order valence-corrected chi connectivity index (χ2v) is 10.2. The van der Waals surface area contributed by atoms with Crippen molar-refractivity contribution < 1.29 is 38.5 Å². The highest BCUT2D eigenvalue weighted by atomic mass is 16.6. The lowest BCUT2D eigenvalue weighted by Crippen LogP contribution is -2.52. The molecule has 0 bridgehead atoms. The first kappa shape index (κ1) is 32.6. The molecule has 0 radical (unpaired) electrons. The number of rotatable bonds is 11. The summed E-state index contributed by atoms with van der Waals surface area (Å²) in [6.45, 7) is 10.9. The fraction of sp³-hybridized carbons (Fsp3) is 0.355. The molecule has 2 aromatic carbocycles. The van der Waals surface area contributed by atoms with Gasteiger partial charge in [-0.3, -0.25) is 14.4 Å². The predicted molar refractivity (Wildman–Crippen MR) is 156 cm³/mol. The minimum Gasteiger partial charge on any atom is -0.507 e. The second-order valence-electron chi connectivity index (χ2n) is 10.2. The number of aromatic hydroxyl groups is 1. The number of phenols is 1. The molecule has 220 valence electrons. The number of hydrogen-bond donors (Lipinski definition) is 3. The van der Waals surface area contributed by atoms with Crippen LogP contribution in [0.25, 0.3) is 16.3 Å². The normalized spacial score (nSPS) is 13.3. The molecule has 10 heteroatoms. The van der Waals surface area contributed by atoms with Gasteiger partial charge in [-0.2, -0.15) is 0 Å². The number of phenolic OH excluding ortho intramolecular Hbond substituents is 1. The van der Waals surface area contributed by atoms with E-state index < -0.39 is 48.0 Å². The molecule has 0 fully saturated rings. The highest BCUT2D eigenvalue weighted by Gasteiger charge is 2.29. The zero-order chi connectivity index (χ0) is 30.7. The van der Waals surface area contributed by atoms with Crippen molar-refractivity contribution in [2.24, 2.45) is 0 Å². The van der Waals surface area contributed by atoms with Gasteiger partial charge in [-0.25, -0.2) is 4.79 Å². The number of methoxy groups -OCH3 is 2. The molecule has 0 unspecified atom stereocenters. The van der Waals surface area contributed by atoms with Gasteiger partial charge >= 0.3 is 18.0 Å². The van der Waals surface area contributed by atoms with E-state index in [9.17, 15) is 24.3 Å². The Bertz CT molecular complexity index is 1350. The molecule has 2 aromatic rings. The molecule has 10 nitrogen and oxygen atoms in total. The van der Waals surface area contributed by atoms with Crippen molar-refractivity contribution in [3.63, 3.8) is 0 Å². The molecule has 2 rings (SSSR count). The highest BCUT2D eigenvalue weighted by molar-refractivity contribution is 5.99. The number of carbonyl (C=O) groups is 4. The Morgan fingerprint density at radius 3 is 2.05 bits per heavy atom. The van der Waals surface area contributed by atoms with Crippen molar-refractivity contribution in [3.05, 3.63) is 72.3 Å². The average molecular weight is 567 g/mol. The number of amides is 2. The standard InChI is InChI=1S/C31H38N2O8/c1-8-20(21-15-16-26(34)23-12-10-9-11-22(21)23)14-13-19(2)24(17-27(35)39-6)32-29(37)25(18-28(36)40-7)33-30(38)41-31(3,4)5/h8-16,24-25,34H,2,17-18H2,1,3-7H3,(H,32,37)(H,33,38)/b14-13-,20-8+/t24-,25-/m0/s1. The van der Waals surface area contributed by atoms with Gasteiger partial charge in [0, 0.05) is 5.39 Å². The van der Waals surface area contributed by atoms with E-state index >= 15 is 0 Å². The lowest BCUT2D eigenvalue weighted by molar-refractivity contribution is -0.144. The molecular formula is C31H38N2O8. The molecule has 0 aliphatic carbocycles. The summed E-state index contributed by atoms with van der Waals surface area (Å²) in [5.41, 5.74) is 1.19. The third-order valence-corrected chi connectivity index (χ3v) is 5.97. The SMILES string of the molecule is C=C(/C=C\C(=C/C)c1ccc(O)c2ccccc12)[C@H](CC(=O)OC)NC(=O)[C@H](CC(=O)OC)NC(=O)OC(C)(C)C. The van der Waals surface area contributed by atoms with Gasteiger partial charge in [-0.15, -0.1) is 0 Å². The van der Waals surface area contributed by atoms with Crippen molar-refractivity contribution in [1.82, 2.24) is 10.6 Å². The summed E-state index contributed by atoms with van der Waals surface area (Å²) >= 11 is 0. The van der Waals surface area contributed by atoms with Crippen molar-refractivity contribution in [2.45, 2.75) is 58.2 Å². The number of fused-ring (bicyclic) bond motifs is 1. The van der Waals surface area contributed by atoms with Crippen LogP contribution in [0.4, 0.5) is 4.79 Å². The Kier molecular flexibility index (Phi) is 11.7. The van der Waals surface area contributed by atoms with E-state index in [-0.39, 0.29) is 12.2 Å². The lowest BCUT2D eigenvalue weighted by Gasteiger charge is -2.25. The predicted octanol–water partition coefficient (Wildman–Crippen LogP) is 4.57. The van der Waals surface area contributed by atoms with Gasteiger partial charge in [0.2, 0.25) is 5.91 Å². The monoisotopic (exact) mass is 566 g/mol. The van der Waals surface area contributed by atoms with Crippen LogP contribution in [0.3, 0.4) is 0 Å². The second kappa shape index (κ2) is 14.7. The molecule has 0 heterocycles. The molecule has 2 amide bonds. The Balaban J connectivity index is 2.32. The van der Waals surface area contributed by atoms with E-state index in [2.05, 4.69) is 21.9 Å². The first-order valence-corrected chi connectivity index (χ1v) is 13.0. The lowest BCUT2D eigenvalue weighted by atomic mass is 9.95. The Morgan fingerprint density at radius 2 is 1.49 bits per heavy atom. The molecule has 0 aromatic heterocycles. The minimum atomic E-state index is -1.34. The summed E-state index contributed by atoms with van der Waals surface area (Å²) in [5, 5.41) is 16.9. The van der Waals surface area contributed by atoms with Crippen molar-refractivity contribution in [1.29, 1.82) is 0 Å². The molecule has 0 saturated heterocycles. The average Bonchev–Trinajstić information content (AvgIpc) is 2.92. The van der Waals surface area contributed by atoms with Gasteiger partial charge in [0.25, 0.3) is 0 Å². The summed E-state index contributed by atoms with van der Waals surface area (Å²) in [6, 6.07) is 8.57. The maximum atomic E-state index is 13.2. The third-order valence-electron chi connectivity index (χ3n) is 5.97. The van der Waals surface area contributed by atoms with E-state index in [1.54, 1.807) is 45.1 Å². The smallest absolute Gasteiger partial charge is 0.408 e. The van der Waals surface area contributed by atoms with Crippen LogP contribution in [0, 0.1) is 0 Å². The third kappa shape index (κ3) is 9.82. The summed E-state index contributed by atoms with van der Waals surface area (Å²) in [7, 11) is 2.38. The van der Waals surface area contributed by atoms with Crippen LogP contribution in [-0.2, 0) is 28.6 Å². The maximum absolute atomic E-state index is 13.2. The summed E-state index contributed by atoms with van der Waals surface area (Å²) in [6.07, 6.45) is 3.70. The fourth-order valence-corrected chi connectivity index (χ4v) is 3.90. The Morgan fingerprint density at radius 1 is 0.902 bits per heavy atom. The van der Waals surface area contributed by atoms with E-state index in [1.807, 2.05) is 37.3 Å². The largest absolute Gasteiger partial charge is 0.507 e. The molecule has 3 N–H and O–H groups in total. The van der Waals surface area contributed by atoms with E-state index in [0.717, 1.165) is 23.6 Å². The Hall–Kier alpha value is -4.60. The quantitative estimate of drug-likeness (QED) is 0.204.